The number of nitrogens with zero attached hydrogens (tertiary/aromatic N) is 2. The van der Waals surface area contributed by atoms with Gasteiger partial charge < -0.3 is 10.2 Å². The lowest BCUT2D eigenvalue weighted by Crippen LogP contribution is -2.42. The van der Waals surface area contributed by atoms with Gasteiger partial charge in [-0.05, 0) is 61.6 Å². The highest BCUT2D eigenvalue weighted by Crippen LogP contribution is 2.26. The van der Waals surface area contributed by atoms with Crippen LogP contribution >= 0.6 is 0 Å². The molecule has 1 saturated heterocycles. The van der Waals surface area contributed by atoms with Crippen LogP contribution in [0.5, 0.6) is 0 Å². The summed E-state index contributed by atoms with van der Waals surface area (Å²) in [6, 6.07) is 13.2. The first-order valence-corrected chi connectivity index (χ1v) is 9.98. The molecule has 6 nitrogen and oxygen atoms in total. The fraction of sp³-hybridized carbons (Fsp3) is 0.348. The number of aryl methyl sites for hydroxylation is 2. The minimum atomic E-state index is -0.400. The van der Waals surface area contributed by atoms with E-state index in [4.69, 9.17) is 0 Å². The van der Waals surface area contributed by atoms with Crippen molar-refractivity contribution < 1.29 is 14.4 Å². The number of hydrogen-bond acceptors (Lipinski definition) is 4. The van der Waals surface area contributed by atoms with Crippen LogP contribution in [0.25, 0.3) is 0 Å². The third kappa shape index (κ3) is 3.75. The molecule has 0 spiro atoms. The molecule has 1 fully saturated rings. The zero-order valence-corrected chi connectivity index (χ0v) is 16.8. The van der Waals surface area contributed by atoms with Crippen molar-refractivity contribution in [3.63, 3.8) is 0 Å². The monoisotopic (exact) mass is 391 g/mol. The molecule has 2 aliphatic heterocycles. The summed E-state index contributed by atoms with van der Waals surface area (Å²) >= 11 is 0. The second kappa shape index (κ2) is 7.70. The van der Waals surface area contributed by atoms with Gasteiger partial charge in [0.2, 0.25) is 5.91 Å². The summed E-state index contributed by atoms with van der Waals surface area (Å²) < 4.78 is 0. The average molecular weight is 391 g/mol. The van der Waals surface area contributed by atoms with Crippen LogP contribution in [0.4, 0.5) is 5.69 Å². The molecule has 2 aromatic rings. The van der Waals surface area contributed by atoms with E-state index in [0.717, 1.165) is 24.4 Å². The quantitative estimate of drug-likeness (QED) is 0.796. The van der Waals surface area contributed by atoms with Crippen molar-refractivity contribution >= 4 is 23.4 Å². The molecule has 0 aromatic heterocycles. The van der Waals surface area contributed by atoms with Gasteiger partial charge in [-0.25, -0.2) is 0 Å². The Kier molecular flexibility index (Phi) is 5.09. The first-order valence-electron chi connectivity index (χ1n) is 9.98. The number of fused-ring (bicyclic) bond motifs is 1. The number of carbonyl (C=O) groups is 3. The number of benzene rings is 2. The highest BCUT2D eigenvalue weighted by Gasteiger charge is 2.36. The lowest BCUT2D eigenvalue weighted by Gasteiger charge is -2.20. The number of imide groups is 1. The van der Waals surface area contributed by atoms with E-state index in [1.807, 2.05) is 0 Å². The minimum absolute atomic E-state index is 0.236. The van der Waals surface area contributed by atoms with Crippen molar-refractivity contribution in [3.05, 3.63) is 64.7 Å². The van der Waals surface area contributed by atoms with Crippen LogP contribution in [0.1, 0.15) is 38.3 Å². The van der Waals surface area contributed by atoms with Crippen LogP contribution in [-0.4, -0.2) is 48.8 Å². The second-order valence-electron chi connectivity index (χ2n) is 7.92. The number of nitrogens with one attached hydrogen (secondary N) is 1. The van der Waals surface area contributed by atoms with Crippen molar-refractivity contribution in [3.8, 4) is 0 Å². The second-order valence-corrected chi connectivity index (χ2v) is 7.92. The molecule has 1 atom stereocenters. The molecule has 6 heteroatoms. The minimum Gasteiger partial charge on any atom is -0.371 e. The van der Waals surface area contributed by atoms with Gasteiger partial charge in [-0.15, -0.1) is 0 Å². The molecule has 1 unspecified atom stereocenters. The lowest BCUT2D eigenvalue weighted by molar-refractivity contribution is -0.121. The zero-order chi connectivity index (χ0) is 20.5. The van der Waals surface area contributed by atoms with Gasteiger partial charge in [-0.3, -0.25) is 19.3 Å². The molecule has 3 amide bonds. The normalized spacial score (nSPS) is 18.3. The van der Waals surface area contributed by atoms with Crippen LogP contribution < -0.4 is 10.2 Å². The third-order valence-corrected chi connectivity index (χ3v) is 5.91. The molecule has 0 radical (unpaired) electrons. The fourth-order valence-electron chi connectivity index (χ4n) is 4.00. The number of hydrogen-bond donors (Lipinski definition) is 1. The molecule has 2 aliphatic rings. The van der Waals surface area contributed by atoms with E-state index >= 15 is 0 Å². The number of carbonyl (C=O) groups excluding carboxylic acids is 3. The van der Waals surface area contributed by atoms with E-state index in [0.29, 0.717) is 23.6 Å². The van der Waals surface area contributed by atoms with Gasteiger partial charge in [0.25, 0.3) is 11.8 Å². The Labute approximate surface area is 170 Å². The Bertz CT molecular complexity index is 950. The number of anilines is 1. The molecule has 2 aromatic carbocycles. The Hall–Kier alpha value is -3.15. The van der Waals surface area contributed by atoms with Crippen molar-refractivity contribution in [2.24, 2.45) is 5.92 Å². The molecule has 2 heterocycles. The summed E-state index contributed by atoms with van der Waals surface area (Å²) in [5.74, 6) is -0.753. The molecular formula is C23H25N3O3. The van der Waals surface area contributed by atoms with Crippen LogP contribution in [0, 0.1) is 19.8 Å². The maximum atomic E-state index is 12.4. The molecule has 29 heavy (non-hydrogen) atoms. The zero-order valence-electron chi connectivity index (χ0n) is 16.8. The Balaban J connectivity index is 1.29. The topological polar surface area (TPSA) is 69.7 Å². The van der Waals surface area contributed by atoms with E-state index in [1.54, 1.807) is 24.3 Å². The lowest BCUT2D eigenvalue weighted by atomic mass is 10.1. The predicted octanol–water partition coefficient (Wildman–Crippen LogP) is 2.54. The van der Waals surface area contributed by atoms with Crippen LogP contribution in [0.3, 0.4) is 0 Å². The van der Waals surface area contributed by atoms with Gasteiger partial charge in [-0.1, -0.05) is 18.2 Å². The van der Waals surface area contributed by atoms with Gasteiger partial charge in [0.15, 0.2) is 0 Å². The van der Waals surface area contributed by atoms with E-state index in [2.05, 4.69) is 42.3 Å². The first-order chi connectivity index (χ1) is 13.9. The highest BCUT2D eigenvalue weighted by atomic mass is 16.2. The Morgan fingerprint density at radius 1 is 1.03 bits per heavy atom. The molecule has 0 bridgehead atoms. The predicted molar refractivity (Wildman–Crippen MR) is 111 cm³/mol. The van der Waals surface area contributed by atoms with Crippen LogP contribution in [0.15, 0.2) is 42.5 Å². The van der Waals surface area contributed by atoms with Crippen molar-refractivity contribution in [2.45, 2.75) is 20.3 Å². The summed E-state index contributed by atoms with van der Waals surface area (Å²) in [5, 5.41) is 2.90. The summed E-state index contributed by atoms with van der Waals surface area (Å²) in [6.07, 6.45) is 1.00. The summed E-state index contributed by atoms with van der Waals surface area (Å²) in [5.41, 5.74) is 4.51. The fourth-order valence-corrected chi connectivity index (χ4v) is 4.00. The SMILES string of the molecule is Cc1ccc(N2CCC(CNC(=O)CN3C(=O)c4ccccc4C3=O)C2)cc1C. The number of rotatable bonds is 5. The van der Waals surface area contributed by atoms with Crippen LogP contribution in [-0.2, 0) is 4.79 Å². The van der Waals surface area contributed by atoms with Gasteiger partial charge >= 0.3 is 0 Å². The van der Waals surface area contributed by atoms with E-state index in [1.165, 1.54) is 16.8 Å². The van der Waals surface area contributed by atoms with E-state index in [9.17, 15) is 14.4 Å². The molecule has 150 valence electrons. The molecule has 0 saturated carbocycles. The molecule has 4 rings (SSSR count). The highest BCUT2D eigenvalue weighted by molar-refractivity contribution is 6.22. The van der Waals surface area contributed by atoms with Gasteiger partial charge in [0.05, 0.1) is 11.1 Å². The summed E-state index contributed by atoms with van der Waals surface area (Å²) in [6.45, 7) is 6.38. The maximum Gasteiger partial charge on any atom is 0.262 e. The molecule has 0 aliphatic carbocycles. The Morgan fingerprint density at radius 3 is 2.38 bits per heavy atom. The number of amides is 3. The van der Waals surface area contributed by atoms with Crippen molar-refractivity contribution in [1.29, 1.82) is 0 Å². The Morgan fingerprint density at radius 2 is 1.72 bits per heavy atom. The maximum absolute atomic E-state index is 12.4. The largest absolute Gasteiger partial charge is 0.371 e. The summed E-state index contributed by atoms with van der Waals surface area (Å²) in [4.78, 5) is 40.5. The first kappa shape index (κ1) is 19.2. The standard InChI is InChI=1S/C23H25N3O3/c1-15-7-8-18(11-16(15)2)25-10-9-17(13-25)12-24-21(27)14-26-22(28)19-5-3-4-6-20(19)23(26)29/h3-8,11,17H,9-10,12-14H2,1-2H3,(H,24,27). The van der Waals surface area contributed by atoms with Crippen molar-refractivity contribution in [2.75, 3.05) is 31.1 Å². The van der Waals surface area contributed by atoms with E-state index < -0.39 is 11.8 Å². The van der Waals surface area contributed by atoms with Gasteiger partial charge in [-0.2, -0.15) is 0 Å². The van der Waals surface area contributed by atoms with E-state index in [-0.39, 0.29) is 12.5 Å². The van der Waals surface area contributed by atoms with Gasteiger partial charge in [0.1, 0.15) is 6.54 Å². The smallest absolute Gasteiger partial charge is 0.262 e. The van der Waals surface area contributed by atoms with Crippen LogP contribution in [0.2, 0.25) is 0 Å². The van der Waals surface area contributed by atoms with Crippen molar-refractivity contribution in [1.82, 2.24) is 10.2 Å². The van der Waals surface area contributed by atoms with Gasteiger partial charge in [0, 0.05) is 25.3 Å². The average Bonchev–Trinajstić information content (AvgIpc) is 3.28. The third-order valence-electron chi connectivity index (χ3n) is 5.91. The molecule has 1 N–H and O–H groups in total. The summed E-state index contributed by atoms with van der Waals surface area (Å²) in [7, 11) is 0. The molecular weight excluding hydrogens is 366 g/mol.